The first-order valence-electron chi connectivity index (χ1n) is 7.42. The van der Waals surface area contributed by atoms with Crippen LogP contribution in [0.3, 0.4) is 0 Å². The lowest BCUT2D eigenvalue weighted by molar-refractivity contribution is 0.430. The number of phenols is 1. The molecule has 3 rings (SSSR count). The van der Waals surface area contributed by atoms with Crippen molar-refractivity contribution < 1.29 is 14.6 Å². The van der Waals surface area contributed by atoms with Crippen molar-refractivity contribution in [3.8, 4) is 22.8 Å². The number of rotatable bonds is 4. The molecule has 122 valence electrons. The van der Waals surface area contributed by atoms with Gasteiger partial charge in [-0.2, -0.15) is 0 Å². The van der Waals surface area contributed by atoms with E-state index in [2.05, 4.69) is 0 Å². The number of aromatic hydroxyl groups is 2. The molecule has 1 unspecified atom stereocenters. The quantitative estimate of drug-likeness (QED) is 0.681. The number of hydrogen-bond acceptors (Lipinski definition) is 5. The van der Waals surface area contributed by atoms with E-state index in [-0.39, 0.29) is 27.4 Å². The molecule has 0 radical (unpaired) electrons. The molecule has 2 N–H and O–H groups in total. The Hall–Kier alpha value is -2.66. The summed E-state index contributed by atoms with van der Waals surface area (Å²) in [6.07, 6.45) is 0. The molecule has 4 nitrogen and oxygen atoms in total. The summed E-state index contributed by atoms with van der Waals surface area (Å²) in [6, 6.07) is 17.4. The topological polar surface area (TPSA) is 70.7 Å². The average molecular weight is 340 g/mol. The highest BCUT2D eigenvalue weighted by Crippen LogP contribution is 2.38. The Labute approximate surface area is 143 Å². The lowest BCUT2D eigenvalue weighted by atomic mass is 10.1. The van der Waals surface area contributed by atoms with Gasteiger partial charge in [0, 0.05) is 16.9 Å². The maximum atomic E-state index is 12.3. The second kappa shape index (κ2) is 6.84. The fourth-order valence-corrected chi connectivity index (χ4v) is 3.28. The van der Waals surface area contributed by atoms with Crippen molar-refractivity contribution in [1.82, 2.24) is 0 Å². The van der Waals surface area contributed by atoms with Crippen LogP contribution in [0.25, 0.3) is 11.3 Å². The highest BCUT2D eigenvalue weighted by atomic mass is 32.2. The smallest absolute Gasteiger partial charge is 0.353 e. The van der Waals surface area contributed by atoms with Crippen LogP contribution in [0.15, 0.2) is 74.8 Å². The third-order valence-corrected chi connectivity index (χ3v) is 4.84. The van der Waals surface area contributed by atoms with Crippen LogP contribution in [-0.2, 0) is 0 Å². The first kappa shape index (κ1) is 16.2. The van der Waals surface area contributed by atoms with Gasteiger partial charge in [0.15, 0.2) is 0 Å². The molecular formula is C19H16O4S. The van der Waals surface area contributed by atoms with Gasteiger partial charge in [0.25, 0.3) is 0 Å². The van der Waals surface area contributed by atoms with Gasteiger partial charge in [0.05, 0.1) is 0 Å². The predicted molar refractivity (Wildman–Crippen MR) is 94.5 cm³/mol. The Morgan fingerprint density at radius 3 is 2.29 bits per heavy atom. The lowest BCUT2D eigenvalue weighted by Crippen LogP contribution is -2.04. The summed E-state index contributed by atoms with van der Waals surface area (Å²) in [6.45, 7) is 1.97. The van der Waals surface area contributed by atoms with E-state index in [9.17, 15) is 15.0 Å². The van der Waals surface area contributed by atoms with Crippen molar-refractivity contribution in [2.24, 2.45) is 0 Å². The molecule has 0 aliphatic rings. The molecular weight excluding hydrogens is 324 g/mol. The van der Waals surface area contributed by atoms with E-state index in [0.717, 1.165) is 5.56 Å². The third kappa shape index (κ3) is 3.46. The summed E-state index contributed by atoms with van der Waals surface area (Å²) < 4.78 is 5.33. The fourth-order valence-electron chi connectivity index (χ4n) is 2.32. The van der Waals surface area contributed by atoms with Crippen LogP contribution >= 0.6 is 11.8 Å². The first-order valence-corrected chi connectivity index (χ1v) is 8.30. The van der Waals surface area contributed by atoms with Crippen molar-refractivity contribution in [3.05, 3.63) is 76.6 Å². The van der Waals surface area contributed by atoms with E-state index in [1.807, 2.05) is 37.3 Å². The number of hydrogen-bond donors (Lipinski definition) is 2. The van der Waals surface area contributed by atoms with E-state index in [1.165, 1.54) is 30.0 Å². The van der Waals surface area contributed by atoms with Crippen molar-refractivity contribution >= 4 is 11.8 Å². The first-order chi connectivity index (χ1) is 11.5. The van der Waals surface area contributed by atoms with Crippen molar-refractivity contribution in [1.29, 1.82) is 0 Å². The predicted octanol–water partition coefficient (Wildman–Crippen LogP) is 4.57. The van der Waals surface area contributed by atoms with Crippen LogP contribution < -0.4 is 5.63 Å². The second-order valence-corrected chi connectivity index (χ2v) is 6.68. The molecule has 0 spiro atoms. The van der Waals surface area contributed by atoms with Gasteiger partial charge < -0.3 is 14.6 Å². The molecule has 1 atom stereocenters. The van der Waals surface area contributed by atoms with E-state index in [0.29, 0.717) is 5.56 Å². The normalized spacial score (nSPS) is 12.0. The van der Waals surface area contributed by atoms with Gasteiger partial charge in [-0.1, -0.05) is 30.3 Å². The zero-order valence-electron chi connectivity index (χ0n) is 13.0. The summed E-state index contributed by atoms with van der Waals surface area (Å²) in [5, 5.41) is 19.6. The summed E-state index contributed by atoms with van der Waals surface area (Å²) in [7, 11) is 0. The standard InChI is InChI=1S/C19H16O4S/c1-12(13-5-3-2-4-6-13)24-18-16(21)11-17(23-19(18)22)14-7-9-15(20)10-8-14/h2-12,20-21H,1H3. The van der Waals surface area contributed by atoms with Gasteiger partial charge in [-0.25, -0.2) is 4.79 Å². The number of phenolic OH excluding ortho intramolecular Hbond substituents is 1. The van der Waals surface area contributed by atoms with E-state index >= 15 is 0 Å². The van der Waals surface area contributed by atoms with Crippen LogP contribution in [0.5, 0.6) is 11.5 Å². The number of benzene rings is 2. The van der Waals surface area contributed by atoms with Crippen LogP contribution in [-0.4, -0.2) is 10.2 Å². The van der Waals surface area contributed by atoms with Crippen LogP contribution in [0.4, 0.5) is 0 Å². The molecule has 0 fully saturated rings. The minimum Gasteiger partial charge on any atom is -0.508 e. The monoisotopic (exact) mass is 340 g/mol. The molecule has 0 saturated carbocycles. The maximum absolute atomic E-state index is 12.3. The highest BCUT2D eigenvalue weighted by Gasteiger charge is 2.17. The van der Waals surface area contributed by atoms with Gasteiger partial charge >= 0.3 is 5.63 Å². The molecule has 2 aromatic carbocycles. The maximum Gasteiger partial charge on any atom is 0.353 e. The summed E-state index contributed by atoms with van der Waals surface area (Å²) in [5.41, 5.74) is 1.09. The summed E-state index contributed by atoms with van der Waals surface area (Å²) in [4.78, 5) is 12.5. The van der Waals surface area contributed by atoms with E-state index < -0.39 is 5.63 Å². The lowest BCUT2D eigenvalue weighted by Gasteiger charge is -2.12. The molecule has 1 heterocycles. The summed E-state index contributed by atoms with van der Waals surface area (Å²) in [5.74, 6) is 0.269. The van der Waals surface area contributed by atoms with Gasteiger partial charge in [0.2, 0.25) is 0 Å². The van der Waals surface area contributed by atoms with Gasteiger partial charge in [0.1, 0.15) is 22.2 Å². The van der Waals surface area contributed by atoms with Crippen LogP contribution in [0.1, 0.15) is 17.7 Å². The van der Waals surface area contributed by atoms with Gasteiger partial charge in [-0.3, -0.25) is 0 Å². The van der Waals surface area contributed by atoms with Crippen molar-refractivity contribution in [2.75, 3.05) is 0 Å². The van der Waals surface area contributed by atoms with Gasteiger partial charge in [-0.05, 0) is 36.8 Å². The zero-order valence-corrected chi connectivity index (χ0v) is 13.8. The third-order valence-electron chi connectivity index (χ3n) is 3.60. The minimum absolute atomic E-state index is 0.000442. The Kier molecular flexibility index (Phi) is 4.62. The Morgan fingerprint density at radius 1 is 1.00 bits per heavy atom. The largest absolute Gasteiger partial charge is 0.508 e. The molecule has 5 heteroatoms. The second-order valence-electron chi connectivity index (χ2n) is 5.33. The Bertz CT molecular complexity index is 885. The van der Waals surface area contributed by atoms with E-state index in [1.54, 1.807) is 12.1 Å². The molecule has 3 aromatic rings. The molecule has 0 bridgehead atoms. The zero-order chi connectivity index (χ0) is 17.1. The SMILES string of the molecule is CC(Sc1c(O)cc(-c2ccc(O)cc2)oc1=O)c1ccccc1. The van der Waals surface area contributed by atoms with Crippen molar-refractivity contribution in [2.45, 2.75) is 17.1 Å². The van der Waals surface area contributed by atoms with Crippen LogP contribution in [0.2, 0.25) is 0 Å². The summed E-state index contributed by atoms with van der Waals surface area (Å²) >= 11 is 1.26. The minimum atomic E-state index is -0.578. The molecule has 0 aliphatic carbocycles. The van der Waals surface area contributed by atoms with Crippen molar-refractivity contribution in [3.63, 3.8) is 0 Å². The Morgan fingerprint density at radius 2 is 1.67 bits per heavy atom. The molecule has 0 amide bonds. The molecule has 0 saturated heterocycles. The molecule has 1 aromatic heterocycles. The highest BCUT2D eigenvalue weighted by molar-refractivity contribution is 7.99. The Balaban J connectivity index is 1.90. The van der Waals surface area contributed by atoms with Gasteiger partial charge in [-0.15, -0.1) is 11.8 Å². The molecule has 24 heavy (non-hydrogen) atoms. The average Bonchev–Trinajstić information content (AvgIpc) is 2.59. The molecule has 0 aliphatic heterocycles. The van der Waals surface area contributed by atoms with E-state index in [4.69, 9.17) is 4.42 Å². The number of thioether (sulfide) groups is 1. The van der Waals surface area contributed by atoms with Crippen LogP contribution in [0, 0.1) is 0 Å². The fraction of sp³-hybridized carbons (Fsp3) is 0.105.